The summed E-state index contributed by atoms with van der Waals surface area (Å²) in [5.74, 6) is 1.12. The normalized spacial score (nSPS) is 9.75. The van der Waals surface area contributed by atoms with Crippen molar-refractivity contribution in [1.29, 1.82) is 0 Å². The topological polar surface area (TPSA) is 185 Å². The standard InChI is InChI=1S/C16H18NOS.C8H12NOS.2C7H10NOS.C7H12NS.C6H8N2OS.C6H8NOS.C5H8N2S.CH4.4BrH.4ClH/c1-12-6-8-13(9-7-12)15(18)10-17-11-19-16-5-3-2-4-14(16)17;1-6(10)4-9-5-11-8(3)7(9)2;1-6-4-10-5-8(6)3-7(2)9;1-6(9)3-8-4-7(2)10-5-8;1-4-8-5-9-7(3)6(8)2;1-5(9)4-8-2-3-10-6(8)7;1-6(8)4-7-2-3-9-5-7;1-2-7-3-4-8-5(7)6;;;;;;;;;/h6-9,11H,2-5,10H2,1H3;5H,4H2,1-3H3;2*4-5H,3H2,1-2H3;5H,4H2,1-3H3;2-3,7H,4H2,1H3;2-3,5H,4H2,1H3;3-4,6H,2H2,1H3;1H4;8*1H/q5*+1;;+1;;;;;;;;;;/p-6. The van der Waals surface area contributed by atoms with E-state index in [0.717, 1.165) is 35.9 Å². The third-order valence-corrected chi connectivity index (χ3v) is 19.5. The molecular weight excluding hydrogens is 1710 g/mol. The molecule has 0 fully saturated rings. The zero-order chi connectivity index (χ0) is 63.9. The number of anilines is 2. The molecule has 1 aliphatic rings. The van der Waals surface area contributed by atoms with Gasteiger partial charge in [-0.25, -0.2) is 9.13 Å². The van der Waals surface area contributed by atoms with Crippen LogP contribution in [-0.2, 0) is 89.2 Å². The molecule has 8 aromatic heterocycles. The van der Waals surface area contributed by atoms with Crippen molar-refractivity contribution in [2.45, 2.75) is 182 Å². The van der Waals surface area contributed by atoms with E-state index in [1.807, 2.05) is 148 Å². The maximum Gasteiger partial charge on any atom is 0.331 e. The molecular formula is C63H92Br4Cl4N10O6S8. The van der Waals surface area contributed by atoms with Gasteiger partial charge in [0, 0.05) is 71.2 Å². The van der Waals surface area contributed by atoms with Crippen molar-refractivity contribution in [1.82, 2.24) is 0 Å². The Morgan fingerprint density at radius 3 is 1.31 bits per heavy atom. The fourth-order valence-electron chi connectivity index (χ4n) is 7.74. The first kappa shape index (κ1) is 105. The van der Waals surface area contributed by atoms with Crippen molar-refractivity contribution in [3.63, 3.8) is 0 Å². The van der Waals surface area contributed by atoms with Gasteiger partial charge in [-0.3, -0.25) is 40.2 Å². The predicted octanol–water partition coefficient (Wildman–Crippen LogP) is -14.0. The van der Waals surface area contributed by atoms with E-state index in [0.29, 0.717) is 44.4 Å². The highest BCUT2D eigenvalue weighted by molar-refractivity contribution is 7.13. The summed E-state index contributed by atoms with van der Waals surface area (Å²) in [7, 11) is 0. The molecule has 9 aromatic rings. The molecule has 8 heterocycles. The van der Waals surface area contributed by atoms with E-state index in [1.165, 1.54) is 72.8 Å². The number of nitrogen functional groups attached to an aromatic ring is 2. The molecule has 0 bridgehead atoms. The first-order chi connectivity index (χ1) is 40.8. The van der Waals surface area contributed by atoms with Crippen LogP contribution in [0.2, 0.25) is 0 Å². The van der Waals surface area contributed by atoms with Gasteiger partial charge >= 0.3 is 10.3 Å². The summed E-state index contributed by atoms with van der Waals surface area (Å²) in [6.45, 7) is 31.6. The smallest absolute Gasteiger partial charge is 0.331 e. The van der Waals surface area contributed by atoms with Crippen LogP contribution in [0.15, 0.2) is 104 Å². The summed E-state index contributed by atoms with van der Waals surface area (Å²) in [6, 6.07) is 7.86. The first-order valence-electron chi connectivity index (χ1n) is 28.0. The summed E-state index contributed by atoms with van der Waals surface area (Å²) >= 11 is 13.2. The minimum Gasteiger partial charge on any atom is -1.00 e. The minimum absolute atomic E-state index is 0. The third kappa shape index (κ3) is 42.0. The molecule has 1 aliphatic carbocycles. The van der Waals surface area contributed by atoms with Gasteiger partial charge in [-0.15, -0.1) is 0 Å². The number of nitrogens with zero attached hydrogens (tertiary/aromatic N) is 8. The zero-order valence-corrected chi connectivity index (χ0v) is 71.2. The Morgan fingerprint density at radius 1 is 0.453 bits per heavy atom. The van der Waals surface area contributed by atoms with Crippen molar-refractivity contribution in [3.8, 4) is 0 Å². The van der Waals surface area contributed by atoms with Crippen LogP contribution >= 0.6 is 90.7 Å². The summed E-state index contributed by atoms with van der Waals surface area (Å²) in [5.41, 5.74) is 30.3. The number of nitrogens with two attached hydrogens (primary N) is 2. The van der Waals surface area contributed by atoms with Crippen LogP contribution in [0, 0.1) is 48.5 Å². The summed E-state index contributed by atoms with van der Waals surface area (Å²) < 4.78 is 15.9. The number of carbonyl (C=O) groups excluding carboxylic acids is 6. The number of carbonyl (C=O) groups is 6. The molecule has 0 spiro atoms. The van der Waals surface area contributed by atoms with Crippen LogP contribution in [0.5, 0.6) is 0 Å². The Balaban J connectivity index is -0.000000187. The molecule has 1 aromatic carbocycles. The molecule has 0 saturated heterocycles. The van der Waals surface area contributed by atoms with Gasteiger partial charge in [0.25, 0.3) is 0 Å². The zero-order valence-electron chi connectivity index (χ0n) is 55.3. The number of thiazole rings is 8. The van der Waals surface area contributed by atoms with Gasteiger partial charge in [0.15, 0.2) is 64.1 Å². The fraction of sp³-hybridized carbons (Fsp3) is 0.429. The minimum atomic E-state index is 0. The van der Waals surface area contributed by atoms with E-state index in [2.05, 4.69) is 54.8 Å². The molecule has 0 atom stereocenters. The predicted molar refractivity (Wildman–Crippen MR) is 357 cm³/mol. The van der Waals surface area contributed by atoms with Gasteiger partial charge in [0.05, 0.1) is 36.8 Å². The summed E-state index contributed by atoms with van der Waals surface area (Å²) in [5, 5.41) is 9.38. The number of hydrogen-bond acceptors (Lipinski definition) is 16. The van der Waals surface area contributed by atoms with E-state index in [1.54, 1.807) is 113 Å². The van der Waals surface area contributed by atoms with Crippen LogP contribution in [0.25, 0.3) is 0 Å². The number of Topliss-reactive ketones (excluding diaryl/α,β-unsaturated/α-hetero) is 6. The Hall–Kier alpha value is -3.04. The number of aromatic nitrogens is 8. The van der Waals surface area contributed by atoms with Crippen molar-refractivity contribution in [2.75, 3.05) is 11.5 Å². The fourth-order valence-corrected chi connectivity index (χ4v) is 13.8. The Labute approximate surface area is 662 Å². The van der Waals surface area contributed by atoms with E-state index in [4.69, 9.17) is 11.5 Å². The molecule has 95 heavy (non-hydrogen) atoms. The molecule has 10 rings (SSSR count). The third-order valence-electron chi connectivity index (χ3n) is 12.6. The molecule has 534 valence electrons. The molecule has 4 N–H and O–H groups in total. The van der Waals surface area contributed by atoms with Crippen molar-refractivity contribution in [3.05, 3.63) is 157 Å². The van der Waals surface area contributed by atoms with Gasteiger partial charge in [0.2, 0.25) is 71.6 Å². The second-order valence-electron chi connectivity index (χ2n) is 20.2. The van der Waals surface area contributed by atoms with E-state index >= 15 is 0 Å². The summed E-state index contributed by atoms with van der Waals surface area (Å²) in [6.07, 6.45) is 12.5. The average Bonchev–Trinajstić information content (AvgIpc) is 1.72. The largest absolute Gasteiger partial charge is 1.00 e. The molecule has 16 nitrogen and oxygen atoms in total. The molecule has 0 aliphatic heterocycles. The van der Waals surface area contributed by atoms with Gasteiger partial charge < -0.3 is 118 Å². The molecule has 32 heteroatoms. The van der Waals surface area contributed by atoms with Crippen LogP contribution in [0.1, 0.15) is 127 Å². The molecule has 0 unspecified atom stereocenters. The highest BCUT2D eigenvalue weighted by Gasteiger charge is 2.25. The quantitative estimate of drug-likeness (QED) is 0.0750. The Morgan fingerprint density at radius 2 is 0.916 bits per heavy atom. The van der Waals surface area contributed by atoms with Gasteiger partial charge in [-0.2, -0.15) is 27.4 Å². The van der Waals surface area contributed by atoms with E-state index in [9.17, 15) is 28.8 Å². The van der Waals surface area contributed by atoms with E-state index in [-0.39, 0.29) is 160 Å². The lowest BCUT2D eigenvalue weighted by Gasteiger charge is -2.07. The van der Waals surface area contributed by atoms with Crippen molar-refractivity contribution in [2.24, 2.45) is 0 Å². The molecule has 0 radical (unpaired) electrons. The SMILES string of the molecule is C.CC(=O)C[n+]1ccsc1.CC(=O)C[n+]1ccsc1N.CC(=O)C[n+]1csc(C)c1.CC(=O)C[n+]1csc(C)c1C.CC(=O)C[n+]1cscc1C.CC[n+]1ccsc1N.CC[n+]1csc(C)c1C.Cc1ccc(C(=O)C[n+]2csc3c2CCCC3)cc1.[Br-].[Br-].[Br-].[Br-].[Cl-].[Cl-].[Cl-].[Cl-]. The van der Waals surface area contributed by atoms with Crippen LogP contribution < -0.4 is 166 Å². The van der Waals surface area contributed by atoms with Crippen molar-refractivity contribution < 1.29 is 183 Å². The van der Waals surface area contributed by atoms with Gasteiger partial charge in [-0.05, 0) is 67.7 Å². The lowest BCUT2D eigenvalue weighted by atomic mass is 10.0. The second kappa shape index (κ2) is 57.7. The van der Waals surface area contributed by atoms with Crippen molar-refractivity contribution >= 4 is 136 Å². The van der Waals surface area contributed by atoms with Crippen LogP contribution in [-0.4, -0.2) is 34.7 Å². The van der Waals surface area contributed by atoms with Crippen LogP contribution in [0.4, 0.5) is 10.3 Å². The maximum atomic E-state index is 12.3. The molecule has 0 amide bonds. The monoisotopic (exact) mass is 1800 g/mol. The highest BCUT2D eigenvalue weighted by Crippen LogP contribution is 2.22. The number of halogens is 8. The second-order valence-corrected chi connectivity index (χ2v) is 27.7. The number of benzene rings is 1. The lowest BCUT2D eigenvalue weighted by molar-refractivity contribution is -0.694. The van der Waals surface area contributed by atoms with Crippen LogP contribution in [0.3, 0.4) is 0 Å². The average molecular weight is 1800 g/mol. The highest BCUT2D eigenvalue weighted by atomic mass is 79.9. The number of ketones is 6. The number of hydrogen-bond donors (Lipinski definition) is 2. The Bertz CT molecular complexity index is 3510. The van der Waals surface area contributed by atoms with Gasteiger partial charge in [0.1, 0.15) is 25.5 Å². The Kier molecular flexibility index (Phi) is 64.0. The number of rotatable bonds is 15. The maximum absolute atomic E-state index is 12.3. The number of fused-ring (bicyclic) bond motifs is 1. The number of aryl methyl sites for hydroxylation is 8. The summed E-state index contributed by atoms with van der Waals surface area (Å²) in [4.78, 5) is 70.8. The lowest BCUT2D eigenvalue weighted by Crippen LogP contribution is -3.00. The molecule has 0 saturated carbocycles. The first-order valence-corrected chi connectivity index (χ1v) is 35.1. The van der Waals surface area contributed by atoms with E-state index < -0.39 is 0 Å². The van der Waals surface area contributed by atoms with Gasteiger partial charge in [-0.1, -0.05) is 128 Å².